The number of amides is 3. The summed E-state index contributed by atoms with van der Waals surface area (Å²) in [7, 11) is 0. The number of hydrogen-bond donors (Lipinski definition) is 0. The van der Waals surface area contributed by atoms with Gasteiger partial charge >= 0.3 is 6.09 Å². The Bertz CT molecular complexity index is 1110. The fraction of sp³-hybridized carbons (Fsp3) is 0.429. The topological polar surface area (TPSA) is 84.2 Å². The largest absolute Gasteiger partial charge is 0.450 e. The van der Waals surface area contributed by atoms with Crippen LogP contribution in [-0.2, 0) is 20.9 Å². The summed E-state index contributed by atoms with van der Waals surface area (Å²) in [4.78, 5) is 44.5. The average Bonchev–Trinajstić information content (AvgIpc) is 3.10. The third-order valence-corrected chi connectivity index (χ3v) is 6.90. The van der Waals surface area contributed by atoms with Crippen molar-refractivity contribution in [2.24, 2.45) is 4.99 Å². The van der Waals surface area contributed by atoms with Crippen LogP contribution < -0.4 is 4.80 Å². The predicted molar refractivity (Wildman–Crippen MR) is 127 cm³/mol. The number of rotatable bonds is 6. The number of benzene rings is 1. The van der Waals surface area contributed by atoms with Crippen molar-refractivity contribution in [3.05, 3.63) is 28.0 Å². The molecule has 3 amide bonds. The van der Waals surface area contributed by atoms with Gasteiger partial charge in [-0.05, 0) is 25.1 Å². The van der Waals surface area contributed by atoms with Crippen LogP contribution in [0.1, 0.15) is 6.92 Å². The molecule has 11 heteroatoms. The second-order valence-electron chi connectivity index (χ2n) is 6.85. The number of piperazine rings is 1. The number of aromatic nitrogens is 1. The number of ether oxygens (including phenoxy) is 1. The van der Waals surface area contributed by atoms with Crippen molar-refractivity contribution in [2.75, 3.05) is 44.3 Å². The number of terminal acetylenes is 1. The molecule has 1 aliphatic heterocycles. The maximum absolute atomic E-state index is 12.4. The Hall–Kier alpha value is -2.48. The molecule has 1 aliphatic rings. The molecule has 0 N–H and O–H groups in total. The molecule has 1 aromatic carbocycles. The maximum atomic E-state index is 12.4. The van der Waals surface area contributed by atoms with Crippen molar-refractivity contribution < 1.29 is 19.1 Å². The van der Waals surface area contributed by atoms with E-state index in [2.05, 4.69) is 10.9 Å². The van der Waals surface area contributed by atoms with Gasteiger partial charge in [0.15, 0.2) is 4.80 Å². The molecule has 0 spiro atoms. The first kappa shape index (κ1) is 24.2. The molecule has 1 fully saturated rings. The lowest BCUT2D eigenvalue weighted by atomic mass is 10.3. The van der Waals surface area contributed by atoms with E-state index in [-0.39, 0.29) is 36.0 Å². The lowest BCUT2D eigenvalue weighted by Gasteiger charge is -2.34. The summed E-state index contributed by atoms with van der Waals surface area (Å²) in [5.74, 6) is 2.44. The lowest BCUT2D eigenvalue weighted by molar-refractivity contribution is -0.129. The molecular formula is C21H23ClN4O4S2. The van der Waals surface area contributed by atoms with E-state index in [4.69, 9.17) is 22.8 Å². The summed E-state index contributed by atoms with van der Waals surface area (Å²) in [6, 6.07) is 5.43. The molecule has 8 nitrogen and oxygen atoms in total. The van der Waals surface area contributed by atoms with Crippen LogP contribution in [0.3, 0.4) is 0 Å². The van der Waals surface area contributed by atoms with Gasteiger partial charge in [0.05, 0.1) is 34.9 Å². The van der Waals surface area contributed by atoms with E-state index in [1.54, 1.807) is 27.4 Å². The summed E-state index contributed by atoms with van der Waals surface area (Å²) in [6.45, 7) is 4.15. The highest BCUT2D eigenvalue weighted by atomic mass is 35.5. The van der Waals surface area contributed by atoms with Gasteiger partial charge in [-0.1, -0.05) is 28.9 Å². The number of fused-ring (bicyclic) bond motifs is 1. The van der Waals surface area contributed by atoms with Crippen molar-refractivity contribution in [1.29, 1.82) is 0 Å². The van der Waals surface area contributed by atoms with Crippen LogP contribution in [0.5, 0.6) is 0 Å². The molecule has 170 valence electrons. The third kappa shape index (κ3) is 6.06. The lowest BCUT2D eigenvalue weighted by Crippen LogP contribution is -2.51. The first-order valence-corrected chi connectivity index (χ1v) is 12.3. The molecule has 0 radical (unpaired) electrons. The van der Waals surface area contributed by atoms with Crippen LogP contribution in [0.4, 0.5) is 4.79 Å². The Kier molecular flexibility index (Phi) is 8.61. The molecule has 0 saturated carbocycles. The summed E-state index contributed by atoms with van der Waals surface area (Å²) in [5.41, 5.74) is 0.869. The van der Waals surface area contributed by atoms with E-state index in [0.717, 1.165) is 10.2 Å². The van der Waals surface area contributed by atoms with Crippen LogP contribution >= 0.6 is 34.7 Å². The number of thioether (sulfide) groups is 1. The number of hydrogen-bond acceptors (Lipinski definition) is 6. The van der Waals surface area contributed by atoms with E-state index in [9.17, 15) is 14.4 Å². The van der Waals surface area contributed by atoms with Gasteiger partial charge in [0.25, 0.3) is 5.91 Å². The van der Waals surface area contributed by atoms with Gasteiger partial charge in [0.2, 0.25) is 5.91 Å². The number of carbonyl (C=O) groups is 3. The van der Waals surface area contributed by atoms with Crippen molar-refractivity contribution in [3.63, 3.8) is 0 Å². The van der Waals surface area contributed by atoms with Crippen LogP contribution in [0, 0.1) is 12.3 Å². The second-order valence-corrected chi connectivity index (χ2v) is 9.28. The molecule has 1 saturated heterocycles. The fourth-order valence-electron chi connectivity index (χ4n) is 3.19. The Balaban J connectivity index is 1.54. The van der Waals surface area contributed by atoms with Crippen LogP contribution in [-0.4, -0.2) is 76.6 Å². The van der Waals surface area contributed by atoms with Gasteiger partial charge in [0.1, 0.15) is 0 Å². The summed E-state index contributed by atoms with van der Waals surface area (Å²) in [6.07, 6.45) is 5.12. The molecule has 0 unspecified atom stereocenters. The van der Waals surface area contributed by atoms with E-state index >= 15 is 0 Å². The molecule has 0 atom stereocenters. The normalized spacial score (nSPS) is 14.5. The molecule has 3 rings (SSSR count). The molecule has 0 bridgehead atoms. The molecule has 2 aromatic rings. The SMILES string of the molecule is C#CCn1c(=NC(=O)CSCC(=O)N2CCN(C(=O)OCC)CC2)sc2cc(Cl)ccc21. The zero-order valence-corrected chi connectivity index (χ0v) is 20.0. The Morgan fingerprint density at radius 3 is 2.62 bits per heavy atom. The summed E-state index contributed by atoms with van der Waals surface area (Å²) >= 11 is 8.62. The Labute approximate surface area is 199 Å². The molecule has 0 aliphatic carbocycles. The first-order valence-electron chi connectivity index (χ1n) is 10.00. The smallest absolute Gasteiger partial charge is 0.409 e. The quantitative estimate of drug-likeness (QED) is 0.576. The van der Waals surface area contributed by atoms with Crippen molar-refractivity contribution in [3.8, 4) is 12.3 Å². The van der Waals surface area contributed by atoms with E-state index < -0.39 is 0 Å². The molecule has 32 heavy (non-hydrogen) atoms. The van der Waals surface area contributed by atoms with E-state index in [1.807, 2.05) is 12.1 Å². The standard InChI is InChI=1S/C21H23ClN4O4S2/c1-3-7-26-16-6-5-15(22)12-17(16)32-20(26)23-18(27)13-31-14-19(28)24-8-10-25(11-9-24)21(29)30-4-2/h1,5-6,12H,4,7-11,13-14H2,2H3. The Morgan fingerprint density at radius 2 is 1.94 bits per heavy atom. The van der Waals surface area contributed by atoms with Gasteiger partial charge in [-0.15, -0.1) is 18.2 Å². The minimum absolute atomic E-state index is 0.0646. The summed E-state index contributed by atoms with van der Waals surface area (Å²) in [5, 5.41) is 0.599. The maximum Gasteiger partial charge on any atom is 0.409 e. The van der Waals surface area contributed by atoms with Crippen LogP contribution in [0.2, 0.25) is 5.02 Å². The molecule has 1 aromatic heterocycles. The highest BCUT2D eigenvalue weighted by molar-refractivity contribution is 8.00. The van der Waals surface area contributed by atoms with Gasteiger partial charge in [0, 0.05) is 31.2 Å². The highest BCUT2D eigenvalue weighted by Gasteiger charge is 2.24. The minimum Gasteiger partial charge on any atom is -0.450 e. The average molecular weight is 495 g/mol. The minimum atomic E-state index is -0.355. The summed E-state index contributed by atoms with van der Waals surface area (Å²) < 4.78 is 7.67. The fourth-order valence-corrected chi connectivity index (χ4v) is 5.21. The van der Waals surface area contributed by atoms with Gasteiger partial charge in [-0.2, -0.15) is 4.99 Å². The number of halogens is 1. The predicted octanol–water partition coefficient (Wildman–Crippen LogP) is 2.45. The molecular weight excluding hydrogens is 472 g/mol. The third-order valence-electron chi connectivity index (χ3n) is 4.72. The number of nitrogens with zero attached hydrogens (tertiary/aromatic N) is 4. The first-order chi connectivity index (χ1) is 15.4. The zero-order valence-electron chi connectivity index (χ0n) is 17.6. The van der Waals surface area contributed by atoms with E-state index in [0.29, 0.717) is 42.6 Å². The monoisotopic (exact) mass is 494 g/mol. The number of thiazole rings is 1. The zero-order chi connectivity index (χ0) is 23.1. The van der Waals surface area contributed by atoms with Gasteiger partial charge in [-0.25, -0.2) is 4.79 Å². The van der Waals surface area contributed by atoms with Crippen LogP contribution in [0.25, 0.3) is 10.2 Å². The van der Waals surface area contributed by atoms with Gasteiger partial charge < -0.3 is 19.1 Å². The molecule has 2 heterocycles. The highest BCUT2D eigenvalue weighted by Crippen LogP contribution is 2.21. The van der Waals surface area contributed by atoms with Crippen LogP contribution in [0.15, 0.2) is 23.2 Å². The van der Waals surface area contributed by atoms with E-state index in [1.165, 1.54) is 23.1 Å². The number of carbonyl (C=O) groups excluding carboxylic acids is 3. The van der Waals surface area contributed by atoms with Gasteiger partial charge in [-0.3, -0.25) is 9.59 Å². The van der Waals surface area contributed by atoms with Crippen molar-refractivity contribution in [1.82, 2.24) is 14.4 Å². The Morgan fingerprint density at radius 1 is 1.22 bits per heavy atom. The second kappa shape index (κ2) is 11.4. The van der Waals surface area contributed by atoms with Crippen molar-refractivity contribution in [2.45, 2.75) is 13.5 Å². The van der Waals surface area contributed by atoms with Crippen molar-refractivity contribution >= 4 is 62.8 Å².